The van der Waals surface area contributed by atoms with Crippen molar-refractivity contribution >= 4 is 0 Å². The highest BCUT2D eigenvalue weighted by Gasteiger charge is 2.33. The maximum atomic E-state index is 3.32. The van der Waals surface area contributed by atoms with Gasteiger partial charge in [0.15, 0.2) is 0 Å². The third-order valence-electron chi connectivity index (χ3n) is 4.09. The molecular formula is C13H28N2. The molecule has 0 saturated heterocycles. The summed E-state index contributed by atoms with van der Waals surface area (Å²) in [5.41, 5.74) is 0.423. The Morgan fingerprint density at radius 3 is 2.47 bits per heavy atom. The van der Waals surface area contributed by atoms with Crippen molar-refractivity contribution in [1.82, 2.24) is 10.2 Å². The van der Waals surface area contributed by atoms with Gasteiger partial charge in [0.1, 0.15) is 0 Å². The van der Waals surface area contributed by atoms with Crippen LogP contribution in [0.3, 0.4) is 0 Å². The highest BCUT2D eigenvalue weighted by molar-refractivity contribution is 4.87. The summed E-state index contributed by atoms with van der Waals surface area (Å²) in [7, 11) is 4.34. The molecule has 0 heterocycles. The molecule has 1 aliphatic rings. The Morgan fingerprint density at radius 1 is 1.47 bits per heavy atom. The lowest BCUT2D eigenvalue weighted by Gasteiger charge is -2.36. The molecule has 2 atom stereocenters. The molecule has 0 aromatic carbocycles. The van der Waals surface area contributed by atoms with Crippen molar-refractivity contribution in [1.29, 1.82) is 0 Å². The molecule has 0 spiro atoms. The predicted octanol–water partition coefficient (Wildman–Crippen LogP) is 2.35. The van der Waals surface area contributed by atoms with Crippen molar-refractivity contribution in [3.8, 4) is 0 Å². The molecule has 1 aliphatic carbocycles. The Morgan fingerprint density at radius 2 is 2.07 bits per heavy atom. The van der Waals surface area contributed by atoms with Gasteiger partial charge in [-0.15, -0.1) is 0 Å². The van der Waals surface area contributed by atoms with Gasteiger partial charge in [-0.1, -0.05) is 13.8 Å². The molecule has 90 valence electrons. The minimum Gasteiger partial charge on any atom is -0.319 e. The lowest BCUT2D eigenvalue weighted by molar-refractivity contribution is 0.139. The number of hydrogen-bond acceptors (Lipinski definition) is 2. The molecule has 2 nitrogen and oxygen atoms in total. The van der Waals surface area contributed by atoms with Crippen molar-refractivity contribution in [3.63, 3.8) is 0 Å². The van der Waals surface area contributed by atoms with E-state index in [1.807, 2.05) is 0 Å². The highest BCUT2D eigenvalue weighted by atomic mass is 15.1. The van der Waals surface area contributed by atoms with Gasteiger partial charge in [0, 0.05) is 19.1 Å². The highest BCUT2D eigenvalue weighted by Crippen LogP contribution is 2.35. The van der Waals surface area contributed by atoms with Gasteiger partial charge in [-0.25, -0.2) is 0 Å². The van der Waals surface area contributed by atoms with E-state index in [0.717, 1.165) is 18.5 Å². The van der Waals surface area contributed by atoms with Crippen molar-refractivity contribution < 1.29 is 0 Å². The van der Waals surface area contributed by atoms with E-state index in [1.54, 1.807) is 0 Å². The molecule has 0 bridgehead atoms. The smallest absolute Gasteiger partial charge is 0.00923 e. The first-order valence-electron chi connectivity index (χ1n) is 6.37. The summed E-state index contributed by atoms with van der Waals surface area (Å²) in [6.45, 7) is 9.40. The van der Waals surface area contributed by atoms with Crippen LogP contribution >= 0.6 is 0 Å². The Balaban J connectivity index is 2.42. The second kappa shape index (κ2) is 5.31. The quantitative estimate of drug-likeness (QED) is 0.697. The zero-order valence-corrected chi connectivity index (χ0v) is 11.1. The minimum absolute atomic E-state index is 0.423. The van der Waals surface area contributed by atoms with E-state index < -0.39 is 0 Å². The molecule has 1 saturated carbocycles. The molecule has 15 heavy (non-hydrogen) atoms. The average Bonchev–Trinajstić information content (AvgIpc) is 3.00. The van der Waals surface area contributed by atoms with Crippen molar-refractivity contribution in [3.05, 3.63) is 0 Å². The Labute approximate surface area is 95.4 Å². The summed E-state index contributed by atoms with van der Waals surface area (Å²) in [6.07, 6.45) is 4.14. The Bertz CT molecular complexity index is 189. The van der Waals surface area contributed by atoms with Gasteiger partial charge >= 0.3 is 0 Å². The van der Waals surface area contributed by atoms with Gasteiger partial charge in [-0.05, 0) is 51.6 Å². The van der Waals surface area contributed by atoms with Gasteiger partial charge in [0.25, 0.3) is 0 Å². The first-order chi connectivity index (χ1) is 7.02. The van der Waals surface area contributed by atoms with Crippen LogP contribution in [0, 0.1) is 11.3 Å². The van der Waals surface area contributed by atoms with Crippen LogP contribution in [0.4, 0.5) is 0 Å². The fourth-order valence-electron chi connectivity index (χ4n) is 2.40. The van der Waals surface area contributed by atoms with Crippen LogP contribution in [-0.4, -0.2) is 38.1 Å². The molecule has 1 N–H and O–H groups in total. The summed E-state index contributed by atoms with van der Waals surface area (Å²) < 4.78 is 0. The zero-order valence-electron chi connectivity index (χ0n) is 11.1. The predicted molar refractivity (Wildman–Crippen MR) is 67.1 cm³/mol. The van der Waals surface area contributed by atoms with E-state index in [1.165, 1.54) is 25.8 Å². The van der Waals surface area contributed by atoms with Crippen molar-refractivity contribution in [2.24, 2.45) is 11.3 Å². The monoisotopic (exact) mass is 212 g/mol. The summed E-state index contributed by atoms with van der Waals surface area (Å²) in [4.78, 5) is 2.55. The largest absolute Gasteiger partial charge is 0.319 e. The molecule has 2 unspecified atom stereocenters. The van der Waals surface area contributed by atoms with Crippen LogP contribution < -0.4 is 5.32 Å². The molecule has 2 heteroatoms. The number of nitrogens with zero attached hydrogens (tertiary/aromatic N) is 1. The molecule has 1 fully saturated rings. The van der Waals surface area contributed by atoms with Crippen LogP contribution in [0.2, 0.25) is 0 Å². The Hall–Kier alpha value is -0.0800. The summed E-state index contributed by atoms with van der Waals surface area (Å²) in [5, 5.41) is 3.32. The van der Waals surface area contributed by atoms with E-state index in [0.29, 0.717) is 5.41 Å². The summed E-state index contributed by atoms with van der Waals surface area (Å²) >= 11 is 0. The topological polar surface area (TPSA) is 15.3 Å². The Kier molecular flexibility index (Phi) is 4.60. The lowest BCUT2D eigenvalue weighted by atomic mass is 9.86. The number of nitrogens with one attached hydrogen (secondary N) is 1. The molecule has 0 aromatic rings. The first kappa shape index (κ1) is 13.0. The third kappa shape index (κ3) is 3.76. The third-order valence-corrected chi connectivity index (χ3v) is 4.09. The minimum atomic E-state index is 0.423. The van der Waals surface area contributed by atoms with Crippen LogP contribution in [0.5, 0.6) is 0 Å². The van der Waals surface area contributed by atoms with Crippen molar-refractivity contribution in [2.75, 3.05) is 27.2 Å². The number of hydrogen-bond donors (Lipinski definition) is 1. The van der Waals surface area contributed by atoms with Gasteiger partial charge in [-0.3, -0.25) is 0 Å². The zero-order chi connectivity index (χ0) is 11.5. The average molecular weight is 212 g/mol. The van der Waals surface area contributed by atoms with Gasteiger partial charge < -0.3 is 10.2 Å². The second-order valence-corrected chi connectivity index (χ2v) is 5.69. The molecular weight excluding hydrogens is 184 g/mol. The van der Waals surface area contributed by atoms with Crippen molar-refractivity contribution in [2.45, 2.75) is 46.1 Å². The molecule has 0 amide bonds. The normalized spacial score (nSPS) is 22.8. The fourth-order valence-corrected chi connectivity index (χ4v) is 2.40. The fraction of sp³-hybridized carbons (Fsp3) is 1.00. The van der Waals surface area contributed by atoms with E-state index in [4.69, 9.17) is 0 Å². The maximum absolute atomic E-state index is 3.32. The molecule has 0 aromatic heterocycles. The van der Waals surface area contributed by atoms with Crippen LogP contribution in [0.15, 0.2) is 0 Å². The first-order valence-corrected chi connectivity index (χ1v) is 6.37. The van der Waals surface area contributed by atoms with Gasteiger partial charge in [0.2, 0.25) is 0 Å². The van der Waals surface area contributed by atoms with Gasteiger partial charge in [0.05, 0.1) is 0 Å². The standard InChI is InChI=1S/C13H28N2/c1-6-13(3,9-14-4)10-15(5)11(2)12-7-8-12/h11-12,14H,6-10H2,1-5H3. The SMILES string of the molecule is CCC(C)(CNC)CN(C)C(C)C1CC1. The van der Waals surface area contributed by atoms with E-state index in [9.17, 15) is 0 Å². The number of rotatable bonds is 7. The summed E-state index contributed by atoms with van der Waals surface area (Å²) in [5.74, 6) is 0.977. The molecule has 0 radical (unpaired) electrons. The van der Waals surface area contributed by atoms with Crippen LogP contribution in [0.1, 0.15) is 40.0 Å². The molecule has 0 aliphatic heterocycles. The molecule has 1 rings (SSSR count). The van der Waals surface area contributed by atoms with E-state index >= 15 is 0 Å². The van der Waals surface area contributed by atoms with Crippen LogP contribution in [0.25, 0.3) is 0 Å². The van der Waals surface area contributed by atoms with Gasteiger partial charge in [-0.2, -0.15) is 0 Å². The maximum Gasteiger partial charge on any atom is 0.00923 e. The van der Waals surface area contributed by atoms with Crippen LogP contribution in [-0.2, 0) is 0 Å². The second-order valence-electron chi connectivity index (χ2n) is 5.69. The van der Waals surface area contributed by atoms with E-state index in [-0.39, 0.29) is 0 Å². The van der Waals surface area contributed by atoms with E-state index in [2.05, 4.69) is 45.1 Å². The summed E-state index contributed by atoms with van der Waals surface area (Å²) in [6, 6.07) is 0.771. The lowest BCUT2D eigenvalue weighted by Crippen LogP contribution is -2.43.